The summed E-state index contributed by atoms with van der Waals surface area (Å²) in [6, 6.07) is 6.29. The fourth-order valence-corrected chi connectivity index (χ4v) is 4.36. The number of alkyl carbamates (subject to hydrolysis) is 1. The van der Waals surface area contributed by atoms with Crippen LogP contribution in [0.2, 0.25) is 0 Å². The highest BCUT2D eigenvalue weighted by Crippen LogP contribution is 2.34. The van der Waals surface area contributed by atoms with Gasteiger partial charge in [0.1, 0.15) is 21.3 Å². The third kappa shape index (κ3) is 5.10. The lowest BCUT2D eigenvalue weighted by atomic mass is 10.0. The fourth-order valence-electron chi connectivity index (χ4n) is 3.65. The predicted molar refractivity (Wildman–Crippen MR) is 123 cm³/mol. The molecule has 11 heteroatoms. The van der Waals surface area contributed by atoms with E-state index >= 15 is 0 Å². The van der Waals surface area contributed by atoms with Crippen molar-refractivity contribution in [1.29, 1.82) is 0 Å². The molecule has 0 aliphatic carbocycles. The molecule has 3 rings (SSSR count). The number of methoxy groups -OCH3 is 1. The van der Waals surface area contributed by atoms with Crippen molar-refractivity contribution in [2.75, 3.05) is 13.7 Å². The van der Waals surface area contributed by atoms with Gasteiger partial charge in [-0.3, -0.25) is 4.79 Å². The molecule has 0 unspecified atom stereocenters. The number of rotatable bonds is 6. The van der Waals surface area contributed by atoms with Gasteiger partial charge in [-0.15, -0.1) is 0 Å². The number of carbonyl (C=O) groups excluding carboxylic acids is 2. The van der Waals surface area contributed by atoms with E-state index in [0.29, 0.717) is 18.1 Å². The summed E-state index contributed by atoms with van der Waals surface area (Å²) < 4.78 is 5.54. The zero-order valence-corrected chi connectivity index (χ0v) is 19.7. The van der Waals surface area contributed by atoms with Crippen molar-refractivity contribution in [3.05, 3.63) is 44.2 Å². The fraction of sp³-hybridized carbons (Fsp3) is 0.450. The molecule has 2 aromatic rings. The van der Waals surface area contributed by atoms with E-state index in [-0.39, 0.29) is 17.9 Å². The van der Waals surface area contributed by atoms with Crippen LogP contribution in [0.1, 0.15) is 38.6 Å². The monoisotopic (exact) mass is 537 g/mol. The van der Waals surface area contributed by atoms with Gasteiger partial charge in [-0.05, 0) is 46.9 Å². The van der Waals surface area contributed by atoms with Gasteiger partial charge in [-0.25, -0.2) is 9.78 Å². The molecule has 1 saturated heterocycles. The Morgan fingerprint density at radius 3 is 2.71 bits per heavy atom. The SMILES string of the molecule is COC(=O)N[C@H](C(=O)N1CCC[C@@H]1c1nc(-c2ccc(N=[N+]=[N-])cc2)c(I)[nH]1)C(C)C. The Kier molecular flexibility index (Phi) is 7.39. The number of ether oxygens (including phenoxy) is 1. The molecule has 1 aromatic heterocycles. The van der Waals surface area contributed by atoms with Crippen LogP contribution in [0.3, 0.4) is 0 Å². The predicted octanol–water partition coefficient (Wildman–Crippen LogP) is 4.67. The van der Waals surface area contributed by atoms with Gasteiger partial charge in [0.15, 0.2) is 0 Å². The minimum atomic E-state index is -0.671. The minimum Gasteiger partial charge on any atom is -0.453 e. The number of aromatic amines is 1. The molecule has 1 fully saturated rings. The molecule has 2 atom stereocenters. The van der Waals surface area contributed by atoms with Crippen LogP contribution in [-0.4, -0.2) is 46.6 Å². The van der Waals surface area contributed by atoms with Crippen molar-refractivity contribution in [2.24, 2.45) is 11.0 Å². The van der Waals surface area contributed by atoms with Crippen molar-refractivity contribution >= 4 is 40.3 Å². The lowest BCUT2D eigenvalue weighted by Crippen LogP contribution is -2.51. The number of hydrogen-bond acceptors (Lipinski definition) is 5. The summed E-state index contributed by atoms with van der Waals surface area (Å²) in [7, 11) is 1.28. The molecule has 0 bridgehead atoms. The summed E-state index contributed by atoms with van der Waals surface area (Å²) in [5.41, 5.74) is 10.7. The zero-order chi connectivity index (χ0) is 22.5. The second kappa shape index (κ2) is 10.0. The lowest BCUT2D eigenvalue weighted by molar-refractivity contribution is -0.135. The van der Waals surface area contributed by atoms with Crippen molar-refractivity contribution < 1.29 is 14.3 Å². The van der Waals surface area contributed by atoms with E-state index in [1.54, 1.807) is 17.0 Å². The third-order valence-electron chi connectivity index (χ3n) is 5.22. The van der Waals surface area contributed by atoms with E-state index in [9.17, 15) is 9.59 Å². The van der Waals surface area contributed by atoms with Gasteiger partial charge in [0.2, 0.25) is 5.91 Å². The number of benzene rings is 1. The molecule has 2 N–H and O–H groups in total. The first-order valence-electron chi connectivity index (χ1n) is 9.91. The van der Waals surface area contributed by atoms with E-state index in [1.165, 1.54) is 7.11 Å². The van der Waals surface area contributed by atoms with Crippen LogP contribution in [0, 0.1) is 9.62 Å². The lowest BCUT2D eigenvalue weighted by Gasteiger charge is -2.29. The minimum absolute atomic E-state index is 0.0882. The van der Waals surface area contributed by atoms with Gasteiger partial charge in [-0.2, -0.15) is 0 Å². The molecule has 164 valence electrons. The van der Waals surface area contributed by atoms with Crippen molar-refractivity contribution in [1.82, 2.24) is 20.2 Å². The molecular weight excluding hydrogens is 513 g/mol. The molecule has 0 saturated carbocycles. The standard InChI is InChI=1S/C20H24IN7O3/c1-11(2)15(24-20(30)31-3)19(29)28-10-4-5-14(28)18-23-16(17(21)25-18)12-6-8-13(9-7-12)26-27-22/h6-9,11,14-15H,4-5,10H2,1-3H3,(H,23,25)(H,24,30)/t14-,15+/m1/s1. The number of nitrogens with zero attached hydrogens (tertiary/aromatic N) is 5. The molecular formula is C20H24IN7O3. The maximum absolute atomic E-state index is 13.3. The van der Waals surface area contributed by atoms with Gasteiger partial charge in [0.05, 0.1) is 13.2 Å². The van der Waals surface area contributed by atoms with Gasteiger partial charge < -0.3 is 19.9 Å². The largest absolute Gasteiger partial charge is 0.453 e. The van der Waals surface area contributed by atoms with Crippen LogP contribution in [0.25, 0.3) is 21.7 Å². The number of carbonyl (C=O) groups is 2. The summed E-state index contributed by atoms with van der Waals surface area (Å²) in [4.78, 5) is 37.6. The number of nitrogens with one attached hydrogen (secondary N) is 2. The van der Waals surface area contributed by atoms with Crippen LogP contribution in [0.4, 0.5) is 10.5 Å². The van der Waals surface area contributed by atoms with Crippen LogP contribution >= 0.6 is 22.6 Å². The molecule has 1 aliphatic heterocycles. The van der Waals surface area contributed by atoms with Crippen molar-refractivity contribution in [2.45, 2.75) is 38.8 Å². The molecule has 31 heavy (non-hydrogen) atoms. The van der Waals surface area contributed by atoms with E-state index in [1.807, 2.05) is 26.0 Å². The molecule has 1 aliphatic rings. The topological polar surface area (TPSA) is 136 Å². The second-order valence-electron chi connectivity index (χ2n) is 7.57. The van der Waals surface area contributed by atoms with Gasteiger partial charge >= 0.3 is 6.09 Å². The number of likely N-dealkylation sites (tertiary alicyclic amines) is 1. The Bertz CT molecular complexity index is 999. The van der Waals surface area contributed by atoms with Crippen LogP contribution < -0.4 is 5.32 Å². The summed E-state index contributed by atoms with van der Waals surface area (Å²) in [5.74, 6) is 0.481. The second-order valence-corrected chi connectivity index (χ2v) is 8.65. The maximum atomic E-state index is 13.3. The molecule has 0 radical (unpaired) electrons. The summed E-state index contributed by atoms with van der Waals surface area (Å²) in [5, 5.41) is 6.24. The number of H-pyrrole nitrogens is 1. The molecule has 2 amide bonds. The Labute approximate surface area is 193 Å². The van der Waals surface area contributed by atoms with Gasteiger partial charge in [0.25, 0.3) is 0 Å². The summed E-state index contributed by atoms with van der Waals surface area (Å²) >= 11 is 2.19. The first-order valence-corrected chi connectivity index (χ1v) is 11.0. The smallest absolute Gasteiger partial charge is 0.407 e. The number of imidazole rings is 1. The van der Waals surface area contributed by atoms with Crippen LogP contribution in [0.15, 0.2) is 29.4 Å². The normalized spacial score (nSPS) is 16.7. The quantitative estimate of drug-likeness (QED) is 0.240. The molecule has 10 nitrogen and oxygen atoms in total. The average molecular weight is 537 g/mol. The van der Waals surface area contributed by atoms with Crippen LogP contribution in [0.5, 0.6) is 0 Å². The average Bonchev–Trinajstić information content (AvgIpc) is 3.38. The molecule has 0 spiro atoms. The van der Waals surface area contributed by atoms with E-state index < -0.39 is 12.1 Å². The highest BCUT2D eigenvalue weighted by molar-refractivity contribution is 14.1. The maximum Gasteiger partial charge on any atom is 0.407 e. The zero-order valence-electron chi connectivity index (χ0n) is 17.5. The number of halogens is 1. The summed E-state index contributed by atoms with van der Waals surface area (Å²) in [6.45, 7) is 4.37. The first-order chi connectivity index (χ1) is 14.8. The summed E-state index contributed by atoms with van der Waals surface area (Å²) in [6.07, 6.45) is 1.02. The number of hydrogen-bond donors (Lipinski definition) is 2. The Balaban J connectivity index is 1.85. The van der Waals surface area contributed by atoms with Crippen molar-refractivity contribution in [3.63, 3.8) is 0 Å². The van der Waals surface area contributed by atoms with Crippen LogP contribution in [-0.2, 0) is 9.53 Å². The van der Waals surface area contributed by atoms with E-state index in [2.05, 4.69) is 47.7 Å². The number of aromatic nitrogens is 2. The van der Waals surface area contributed by atoms with E-state index in [0.717, 1.165) is 27.8 Å². The van der Waals surface area contributed by atoms with Crippen molar-refractivity contribution in [3.8, 4) is 11.3 Å². The number of azide groups is 1. The van der Waals surface area contributed by atoms with Gasteiger partial charge in [-0.1, -0.05) is 43.2 Å². The molecule has 2 heterocycles. The molecule has 1 aromatic carbocycles. The van der Waals surface area contributed by atoms with E-state index in [4.69, 9.17) is 10.5 Å². The van der Waals surface area contributed by atoms with Gasteiger partial charge in [0, 0.05) is 22.7 Å². The Hall–Kier alpha value is -2.79. The third-order valence-corrected chi connectivity index (χ3v) is 6.00. The highest BCUT2D eigenvalue weighted by Gasteiger charge is 2.37. The Morgan fingerprint density at radius 1 is 1.39 bits per heavy atom. The Morgan fingerprint density at radius 2 is 2.10 bits per heavy atom. The highest BCUT2D eigenvalue weighted by atomic mass is 127. The first kappa shape index (κ1) is 22.9. The number of amides is 2.